The van der Waals surface area contributed by atoms with Crippen LogP contribution in [0.2, 0.25) is 0 Å². The number of rotatable bonds is 4. The monoisotopic (exact) mass is 348 g/mol. The van der Waals surface area contributed by atoms with Crippen LogP contribution in [-0.4, -0.2) is 54.4 Å². The summed E-state index contributed by atoms with van der Waals surface area (Å²) in [6.45, 7) is 4.14. The summed E-state index contributed by atoms with van der Waals surface area (Å²) in [4.78, 5) is 28.8. The Morgan fingerprint density at radius 1 is 1.36 bits per heavy atom. The van der Waals surface area contributed by atoms with Crippen LogP contribution < -0.4 is 4.74 Å². The minimum absolute atomic E-state index is 0.0816. The summed E-state index contributed by atoms with van der Waals surface area (Å²) in [6.07, 6.45) is 3.15. The van der Waals surface area contributed by atoms with Gasteiger partial charge in [0.15, 0.2) is 11.6 Å². The van der Waals surface area contributed by atoms with Crippen LogP contribution in [0, 0.1) is 11.7 Å². The molecule has 3 rings (SSSR count). The van der Waals surface area contributed by atoms with E-state index in [1.54, 1.807) is 0 Å². The molecular formula is C19H25FN2O3. The second kappa shape index (κ2) is 7.42. The number of fused-ring (bicyclic) bond motifs is 1. The van der Waals surface area contributed by atoms with Gasteiger partial charge in [-0.25, -0.2) is 4.39 Å². The molecule has 0 radical (unpaired) electrons. The third kappa shape index (κ3) is 3.48. The minimum atomic E-state index is -0.473. The zero-order chi connectivity index (χ0) is 18.0. The van der Waals surface area contributed by atoms with Crippen molar-refractivity contribution in [2.75, 3.05) is 26.7 Å². The van der Waals surface area contributed by atoms with E-state index in [1.165, 1.54) is 25.3 Å². The first kappa shape index (κ1) is 17.7. The number of methoxy groups -OCH3 is 1. The predicted octanol–water partition coefficient (Wildman–Crippen LogP) is 2.70. The van der Waals surface area contributed by atoms with Gasteiger partial charge in [0.2, 0.25) is 5.91 Å². The molecule has 2 aliphatic rings. The average Bonchev–Trinajstić information content (AvgIpc) is 2.63. The fraction of sp³-hybridized carbons (Fsp3) is 0.579. The normalized spacial score (nSPS) is 23.4. The van der Waals surface area contributed by atoms with Gasteiger partial charge in [-0.1, -0.05) is 6.92 Å². The number of nitrogens with zero attached hydrogens (tertiary/aromatic N) is 2. The van der Waals surface area contributed by atoms with Crippen LogP contribution in [0.5, 0.6) is 5.75 Å². The Kier molecular flexibility index (Phi) is 5.25. The summed E-state index contributed by atoms with van der Waals surface area (Å²) >= 11 is 0. The van der Waals surface area contributed by atoms with Gasteiger partial charge in [0.05, 0.1) is 7.11 Å². The second-order valence-corrected chi connectivity index (χ2v) is 6.84. The van der Waals surface area contributed by atoms with Crippen molar-refractivity contribution in [2.45, 2.75) is 38.6 Å². The molecule has 0 unspecified atom stereocenters. The first-order valence-electron chi connectivity index (χ1n) is 8.97. The van der Waals surface area contributed by atoms with Crippen LogP contribution in [0.15, 0.2) is 18.2 Å². The fourth-order valence-corrected chi connectivity index (χ4v) is 4.04. The molecule has 6 heteroatoms. The Labute approximate surface area is 147 Å². The lowest BCUT2D eigenvalue weighted by Crippen LogP contribution is -2.57. The van der Waals surface area contributed by atoms with Gasteiger partial charge in [0.1, 0.15) is 0 Å². The van der Waals surface area contributed by atoms with Crippen LogP contribution in [0.3, 0.4) is 0 Å². The highest BCUT2D eigenvalue weighted by atomic mass is 19.1. The number of benzene rings is 1. The summed E-state index contributed by atoms with van der Waals surface area (Å²) in [5.74, 6) is 0.0722. The lowest BCUT2D eigenvalue weighted by molar-refractivity contribution is -0.140. The zero-order valence-electron chi connectivity index (χ0n) is 14.8. The van der Waals surface area contributed by atoms with E-state index in [0.717, 1.165) is 25.8 Å². The minimum Gasteiger partial charge on any atom is -0.494 e. The van der Waals surface area contributed by atoms with Crippen LogP contribution >= 0.6 is 0 Å². The number of carbonyl (C=O) groups excluding carboxylic acids is 2. The molecule has 0 bridgehead atoms. The molecule has 2 fully saturated rings. The van der Waals surface area contributed by atoms with E-state index in [0.29, 0.717) is 31.0 Å². The number of amides is 2. The van der Waals surface area contributed by atoms with Crippen molar-refractivity contribution in [1.29, 1.82) is 0 Å². The Bertz CT molecular complexity index is 664. The molecule has 2 heterocycles. The predicted molar refractivity (Wildman–Crippen MR) is 92.0 cm³/mol. The molecule has 2 saturated heterocycles. The van der Waals surface area contributed by atoms with Gasteiger partial charge in [-0.2, -0.15) is 0 Å². The summed E-state index contributed by atoms with van der Waals surface area (Å²) in [5.41, 5.74) is 0.439. The average molecular weight is 348 g/mol. The third-order valence-corrected chi connectivity index (χ3v) is 5.29. The van der Waals surface area contributed by atoms with Crippen LogP contribution in [0.1, 0.15) is 43.0 Å². The molecule has 5 nitrogen and oxygen atoms in total. The van der Waals surface area contributed by atoms with E-state index in [-0.39, 0.29) is 23.6 Å². The topological polar surface area (TPSA) is 49.9 Å². The molecule has 1 aromatic carbocycles. The van der Waals surface area contributed by atoms with E-state index >= 15 is 0 Å². The van der Waals surface area contributed by atoms with Crippen LogP contribution in [0.4, 0.5) is 4.39 Å². The molecule has 2 amide bonds. The molecule has 0 aliphatic carbocycles. The quantitative estimate of drug-likeness (QED) is 0.841. The van der Waals surface area contributed by atoms with Gasteiger partial charge < -0.3 is 14.5 Å². The smallest absolute Gasteiger partial charge is 0.254 e. The molecular weight excluding hydrogens is 323 g/mol. The molecule has 0 saturated carbocycles. The zero-order valence-corrected chi connectivity index (χ0v) is 14.8. The summed E-state index contributed by atoms with van der Waals surface area (Å²) < 4.78 is 18.5. The van der Waals surface area contributed by atoms with Gasteiger partial charge in [-0.3, -0.25) is 9.59 Å². The molecule has 0 aromatic heterocycles. The van der Waals surface area contributed by atoms with E-state index in [1.807, 2.05) is 9.80 Å². The van der Waals surface area contributed by atoms with E-state index in [9.17, 15) is 14.0 Å². The Hall–Kier alpha value is -2.11. The number of halogens is 1. The lowest BCUT2D eigenvalue weighted by Gasteiger charge is -2.47. The van der Waals surface area contributed by atoms with Gasteiger partial charge in [-0.05, 0) is 43.4 Å². The number of piperidine rings is 2. The van der Waals surface area contributed by atoms with Gasteiger partial charge in [0, 0.05) is 37.7 Å². The maximum Gasteiger partial charge on any atom is 0.254 e. The van der Waals surface area contributed by atoms with Gasteiger partial charge >= 0.3 is 0 Å². The highest BCUT2D eigenvalue weighted by Crippen LogP contribution is 2.32. The van der Waals surface area contributed by atoms with E-state index < -0.39 is 5.82 Å². The third-order valence-electron chi connectivity index (χ3n) is 5.29. The first-order valence-corrected chi connectivity index (χ1v) is 8.97. The Morgan fingerprint density at radius 2 is 2.16 bits per heavy atom. The number of hydrogen-bond donors (Lipinski definition) is 0. The van der Waals surface area contributed by atoms with Crippen LogP contribution in [-0.2, 0) is 4.79 Å². The van der Waals surface area contributed by atoms with Gasteiger partial charge in [0.25, 0.3) is 5.91 Å². The molecule has 2 aliphatic heterocycles. The number of ether oxygens (including phenoxy) is 1. The maximum absolute atomic E-state index is 13.6. The molecule has 0 N–H and O–H groups in total. The van der Waals surface area contributed by atoms with E-state index in [4.69, 9.17) is 4.74 Å². The second-order valence-electron chi connectivity index (χ2n) is 6.84. The maximum atomic E-state index is 13.6. The highest BCUT2D eigenvalue weighted by molar-refractivity contribution is 5.94. The summed E-state index contributed by atoms with van der Waals surface area (Å²) in [5, 5.41) is 0. The molecule has 136 valence electrons. The standard InChI is InChI=1S/C19H25FN2O3/c1-3-9-22-16-8-10-21(12-14(16)5-7-18(22)23)19(24)13-4-6-15(20)17(11-13)25-2/h4,6,11,14,16H,3,5,7-10,12H2,1-2H3/t14-,16+/m0/s1. The first-order chi connectivity index (χ1) is 12.0. The Morgan fingerprint density at radius 3 is 2.88 bits per heavy atom. The molecule has 1 aromatic rings. The van der Waals surface area contributed by atoms with Crippen molar-refractivity contribution < 1.29 is 18.7 Å². The summed E-state index contributed by atoms with van der Waals surface area (Å²) in [7, 11) is 1.39. The SMILES string of the molecule is CCCN1C(=O)CC[C@H]2CN(C(=O)c3ccc(F)c(OC)c3)CC[C@H]21. The number of likely N-dealkylation sites (tertiary alicyclic amines) is 2. The highest BCUT2D eigenvalue weighted by Gasteiger charge is 2.40. The van der Waals surface area contributed by atoms with Crippen molar-refractivity contribution in [3.05, 3.63) is 29.6 Å². The molecule has 0 spiro atoms. The number of carbonyl (C=O) groups is 2. The van der Waals surface area contributed by atoms with Crippen molar-refractivity contribution >= 4 is 11.8 Å². The lowest BCUT2D eigenvalue weighted by atomic mass is 9.83. The van der Waals surface area contributed by atoms with E-state index in [2.05, 4.69) is 6.92 Å². The van der Waals surface area contributed by atoms with Crippen molar-refractivity contribution in [3.8, 4) is 5.75 Å². The van der Waals surface area contributed by atoms with Crippen molar-refractivity contribution in [2.24, 2.45) is 5.92 Å². The number of hydrogen-bond acceptors (Lipinski definition) is 3. The van der Waals surface area contributed by atoms with Crippen LogP contribution in [0.25, 0.3) is 0 Å². The largest absolute Gasteiger partial charge is 0.494 e. The van der Waals surface area contributed by atoms with Crippen molar-refractivity contribution in [3.63, 3.8) is 0 Å². The van der Waals surface area contributed by atoms with Gasteiger partial charge in [-0.15, -0.1) is 0 Å². The Balaban J connectivity index is 1.72. The molecule has 2 atom stereocenters. The van der Waals surface area contributed by atoms with Crippen molar-refractivity contribution in [1.82, 2.24) is 9.80 Å². The molecule has 25 heavy (non-hydrogen) atoms. The fourth-order valence-electron chi connectivity index (χ4n) is 4.04. The summed E-state index contributed by atoms with van der Waals surface area (Å²) in [6, 6.07) is 4.46.